The molecule has 0 saturated carbocycles. The van der Waals surface area contributed by atoms with Crippen molar-refractivity contribution in [3.05, 3.63) is 57.3 Å². The van der Waals surface area contributed by atoms with E-state index < -0.39 is 5.97 Å². The monoisotopic (exact) mass is 524 g/mol. The number of hydrogen-bond acceptors (Lipinski definition) is 6. The average molecular weight is 524 g/mol. The summed E-state index contributed by atoms with van der Waals surface area (Å²) in [7, 11) is 2.83. The lowest BCUT2D eigenvalue weighted by Crippen LogP contribution is -2.35. The predicted molar refractivity (Wildman–Crippen MR) is 121 cm³/mol. The van der Waals surface area contributed by atoms with Crippen molar-refractivity contribution in [3.8, 4) is 11.5 Å². The number of methoxy groups -OCH3 is 2. The van der Waals surface area contributed by atoms with Gasteiger partial charge in [-0.25, -0.2) is 0 Å². The fourth-order valence-electron chi connectivity index (χ4n) is 2.76. The second-order valence-electron chi connectivity index (χ2n) is 6.02. The first-order valence-electron chi connectivity index (χ1n) is 8.42. The molecule has 1 heterocycles. The number of rotatable bonds is 5. The van der Waals surface area contributed by atoms with Crippen LogP contribution in [0, 0.1) is 3.57 Å². The fraction of sp³-hybridized carbons (Fsp3) is 0.150. The first-order valence-corrected chi connectivity index (χ1v) is 9.91. The number of thiocarbonyl (C=S) groups is 1. The highest BCUT2D eigenvalue weighted by Gasteiger charge is 2.40. The van der Waals surface area contributed by atoms with Crippen molar-refractivity contribution in [2.75, 3.05) is 25.7 Å². The Morgan fingerprint density at radius 1 is 1.21 bits per heavy atom. The van der Waals surface area contributed by atoms with Gasteiger partial charge < -0.3 is 19.5 Å². The van der Waals surface area contributed by atoms with Gasteiger partial charge in [-0.3, -0.25) is 14.5 Å². The summed E-state index contributed by atoms with van der Waals surface area (Å²) in [5, 5.41) is 9.90. The molecule has 0 aromatic heterocycles. The Hall–Kier alpha value is -2.66. The van der Waals surface area contributed by atoms with Gasteiger partial charge >= 0.3 is 5.97 Å². The maximum Gasteiger partial charge on any atom is 0.325 e. The molecule has 0 bridgehead atoms. The van der Waals surface area contributed by atoms with Gasteiger partial charge in [0.2, 0.25) is 0 Å². The molecule has 0 radical (unpaired) electrons. The minimum absolute atomic E-state index is 0.146. The van der Waals surface area contributed by atoms with Crippen molar-refractivity contribution in [2.45, 2.75) is 0 Å². The first kappa shape index (κ1) is 21.1. The zero-order valence-electron chi connectivity index (χ0n) is 15.6. The van der Waals surface area contributed by atoms with Crippen molar-refractivity contribution in [1.82, 2.24) is 4.90 Å². The lowest BCUT2D eigenvalue weighted by Gasteiger charge is -2.19. The molecule has 0 atom stereocenters. The van der Waals surface area contributed by atoms with Crippen molar-refractivity contribution >= 4 is 63.6 Å². The molecule has 3 rings (SSSR count). The maximum absolute atomic E-state index is 13.2. The highest BCUT2D eigenvalue weighted by atomic mass is 127. The molecule has 1 aliphatic heterocycles. The number of anilines is 1. The van der Waals surface area contributed by atoms with E-state index in [1.54, 1.807) is 49.6 Å². The fourth-order valence-corrected chi connectivity index (χ4v) is 3.65. The molecule has 1 amide bonds. The van der Waals surface area contributed by atoms with E-state index in [9.17, 15) is 14.7 Å². The van der Waals surface area contributed by atoms with Crippen LogP contribution < -0.4 is 9.64 Å². The van der Waals surface area contributed by atoms with Gasteiger partial charge in [0.15, 0.2) is 5.11 Å². The average Bonchev–Trinajstić information content (AvgIpc) is 2.94. The topological polar surface area (TPSA) is 79.3 Å². The van der Waals surface area contributed by atoms with Crippen molar-refractivity contribution in [1.29, 1.82) is 0 Å². The van der Waals surface area contributed by atoms with Crippen LogP contribution in [0.15, 0.2) is 48.2 Å². The molecule has 0 aliphatic carbocycles. The summed E-state index contributed by atoms with van der Waals surface area (Å²) in [6.07, 6.45) is 1.63. The summed E-state index contributed by atoms with van der Waals surface area (Å²) in [6, 6.07) is 11.8. The molecule has 1 N–H and O–H groups in total. The second-order valence-corrected chi connectivity index (χ2v) is 7.55. The van der Waals surface area contributed by atoms with Crippen LogP contribution >= 0.6 is 34.8 Å². The van der Waals surface area contributed by atoms with Gasteiger partial charge in [-0.05, 0) is 82.8 Å². The number of nitrogens with zero attached hydrogens (tertiary/aromatic N) is 2. The van der Waals surface area contributed by atoms with E-state index in [0.29, 0.717) is 20.6 Å². The molecule has 0 unspecified atom stereocenters. The van der Waals surface area contributed by atoms with E-state index in [1.165, 1.54) is 23.0 Å². The highest BCUT2D eigenvalue weighted by Crippen LogP contribution is 2.31. The third-order valence-corrected chi connectivity index (χ3v) is 5.52. The van der Waals surface area contributed by atoms with Crippen molar-refractivity contribution in [3.63, 3.8) is 0 Å². The Bertz CT molecular complexity index is 1010. The van der Waals surface area contributed by atoms with E-state index in [-0.39, 0.29) is 29.0 Å². The van der Waals surface area contributed by atoms with E-state index in [2.05, 4.69) is 0 Å². The molecule has 2 aromatic rings. The van der Waals surface area contributed by atoms with Gasteiger partial charge in [0.05, 0.1) is 23.5 Å². The van der Waals surface area contributed by atoms with Crippen LogP contribution in [-0.2, 0) is 14.3 Å². The highest BCUT2D eigenvalue weighted by molar-refractivity contribution is 14.1. The quantitative estimate of drug-likeness (QED) is 0.279. The number of phenols is 1. The number of esters is 1. The Kier molecular flexibility index (Phi) is 6.38. The van der Waals surface area contributed by atoms with Crippen LogP contribution in [0.25, 0.3) is 6.08 Å². The minimum atomic E-state index is -0.525. The Morgan fingerprint density at radius 3 is 2.48 bits per heavy atom. The molecule has 150 valence electrons. The van der Waals surface area contributed by atoms with E-state index >= 15 is 0 Å². The van der Waals surface area contributed by atoms with Crippen molar-refractivity contribution < 1.29 is 24.2 Å². The van der Waals surface area contributed by atoms with E-state index in [0.717, 1.165) is 0 Å². The number of benzene rings is 2. The molecule has 1 aliphatic rings. The molecule has 7 nitrogen and oxygen atoms in total. The Morgan fingerprint density at radius 2 is 1.90 bits per heavy atom. The number of aromatic hydroxyl groups is 1. The second kappa shape index (κ2) is 8.78. The van der Waals surface area contributed by atoms with Gasteiger partial charge in [0.1, 0.15) is 23.7 Å². The predicted octanol–water partition coefficient (Wildman–Crippen LogP) is 3.15. The standard InChI is InChI=1S/C20H17IN2O5S/c1-27-14-6-4-13(5-7-14)23-19(26)16(22(20(23)29)11-18(25)28-2)10-12-3-8-17(24)15(21)9-12/h3-10,24H,11H2,1-2H3/b16-10-. The normalized spacial score (nSPS) is 15.2. The summed E-state index contributed by atoms with van der Waals surface area (Å²) in [6.45, 7) is -0.200. The molecular weight excluding hydrogens is 507 g/mol. The zero-order chi connectivity index (χ0) is 21.1. The number of carbonyl (C=O) groups is 2. The number of ether oxygens (including phenoxy) is 2. The summed E-state index contributed by atoms with van der Waals surface area (Å²) in [5.74, 6) is -0.102. The van der Waals surface area contributed by atoms with E-state index in [1.807, 2.05) is 22.6 Å². The van der Waals surface area contributed by atoms with Gasteiger partial charge in [-0.1, -0.05) is 6.07 Å². The summed E-state index contributed by atoms with van der Waals surface area (Å²) in [5.41, 5.74) is 1.47. The van der Waals surface area contributed by atoms with Crippen LogP contribution in [-0.4, -0.2) is 47.8 Å². The summed E-state index contributed by atoms with van der Waals surface area (Å²) >= 11 is 7.50. The molecule has 9 heteroatoms. The van der Waals surface area contributed by atoms with Crippen LogP contribution in [0.2, 0.25) is 0 Å². The molecule has 1 saturated heterocycles. The first-order chi connectivity index (χ1) is 13.8. The summed E-state index contributed by atoms with van der Waals surface area (Å²) < 4.78 is 10.5. The van der Waals surface area contributed by atoms with Gasteiger partial charge in [-0.15, -0.1) is 0 Å². The number of hydrogen-bond donors (Lipinski definition) is 1. The number of halogens is 1. The smallest absolute Gasteiger partial charge is 0.325 e. The van der Waals surface area contributed by atoms with E-state index in [4.69, 9.17) is 21.7 Å². The Labute approximate surface area is 186 Å². The SMILES string of the molecule is COC(=O)CN1C(=S)N(c2ccc(OC)cc2)C(=O)/C1=C/c1ccc(O)c(I)c1. The molecule has 1 fully saturated rings. The molecule has 2 aromatic carbocycles. The Balaban J connectivity index is 2.04. The summed E-state index contributed by atoms with van der Waals surface area (Å²) in [4.78, 5) is 27.9. The third kappa shape index (κ3) is 4.35. The molecule has 29 heavy (non-hydrogen) atoms. The van der Waals surface area contributed by atoms with Crippen LogP contribution in [0.5, 0.6) is 11.5 Å². The largest absolute Gasteiger partial charge is 0.507 e. The van der Waals surface area contributed by atoms with Crippen LogP contribution in [0.4, 0.5) is 5.69 Å². The van der Waals surface area contributed by atoms with Crippen molar-refractivity contribution in [2.24, 2.45) is 0 Å². The number of carbonyl (C=O) groups excluding carboxylic acids is 2. The zero-order valence-corrected chi connectivity index (χ0v) is 18.6. The van der Waals surface area contributed by atoms with Gasteiger partial charge in [0, 0.05) is 0 Å². The minimum Gasteiger partial charge on any atom is -0.507 e. The lowest BCUT2D eigenvalue weighted by molar-refractivity contribution is -0.140. The van der Waals surface area contributed by atoms with Crippen LogP contribution in [0.1, 0.15) is 5.56 Å². The third-order valence-electron chi connectivity index (χ3n) is 4.26. The maximum atomic E-state index is 13.2. The van der Waals surface area contributed by atoms with Crippen LogP contribution in [0.3, 0.4) is 0 Å². The number of amides is 1. The number of phenolic OH excluding ortho intramolecular Hbond substituents is 1. The lowest BCUT2D eigenvalue weighted by atomic mass is 10.1. The molecule has 0 spiro atoms. The molecular formula is C20H17IN2O5S. The van der Waals surface area contributed by atoms with Gasteiger partial charge in [-0.2, -0.15) is 0 Å². The van der Waals surface area contributed by atoms with Gasteiger partial charge in [0.25, 0.3) is 5.91 Å².